The zero-order chi connectivity index (χ0) is 24.5. The number of carbonyl (C=O) groups excluding carboxylic acids is 3. The second-order valence-electron chi connectivity index (χ2n) is 8.73. The Morgan fingerprint density at radius 1 is 1.00 bits per heavy atom. The average molecular weight is 486 g/mol. The Hall–Kier alpha value is -3.34. The summed E-state index contributed by atoms with van der Waals surface area (Å²) in [5.74, 6) is -1.19. The third kappa shape index (κ3) is 5.09. The number of sulfonamides is 1. The molecule has 2 heterocycles. The topological polar surface area (TPSA) is 138 Å². The predicted octanol–water partition coefficient (Wildman–Crippen LogP) is 2.40. The lowest BCUT2D eigenvalue weighted by atomic mass is 9.81. The van der Waals surface area contributed by atoms with E-state index in [1.165, 1.54) is 29.2 Å². The summed E-state index contributed by atoms with van der Waals surface area (Å²) in [7, 11) is -3.91. The lowest BCUT2D eigenvalue weighted by molar-refractivity contribution is -0.140. The van der Waals surface area contributed by atoms with Gasteiger partial charge in [0.25, 0.3) is 10.0 Å². The number of amides is 3. The van der Waals surface area contributed by atoms with Gasteiger partial charge in [-0.3, -0.25) is 19.3 Å². The summed E-state index contributed by atoms with van der Waals surface area (Å²) in [6.45, 7) is 3.53. The van der Waals surface area contributed by atoms with Gasteiger partial charge >= 0.3 is 0 Å². The van der Waals surface area contributed by atoms with E-state index in [2.05, 4.69) is 20.0 Å². The van der Waals surface area contributed by atoms with E-state index in [0.29, 0.717) is 17.1 Å². The van der Waals surface area contributed by atoms with Crippen LogP contribution in [0.25, 0.3) is 0 Å². The number of rotatable bonds is 7. The van der Waals surface area contributed by atoms with E-state index >= 15 is 0 Å². The van der Waals surface area contributed by atoms with Crippen molar-refractivity contribution in [2.24, 2.45) is 11.8 Å². The molecule has 2 fully saturated rings. The molecule has 0 spiro atoms. The van der Waals surface area contributed by atoms with Crippen molar-refractivity contribution in [2.75, 3.05) is 16.6 Å². The molecule has 34 heavy (non-hydrogen) atoms. The minimum absolute atomic E-state index is 0.0101. The maximum absolute atomic E-state index is 12.6. The van der Waals surface area contributed by atoms with Crippen LogP contribution in [-0.4, -0.2) is 47.6 Å². The van der Waals surface area contributed by atoms with Gasteiger partial charge in [-0.05, 0) is 57.0 Å². The number of aromatic nitrogens is 2. The number of imide groups is 1. The number of likely N-dealkylation sites (tertiary alicyclic amines) is 1. The Balaban J connectivity index is 1.34. The fourth-order valence-electron chi connectivity index (χ4n) is 4.56. The van der Waals surface area contributed by atoms with Crippen LogP contribution in [-0.2, 0) is 24.4 Å². The van der Waals surface area contributed by atoms with Crippen LogP contribution in [0.4, 0.5) is 11.6 Å². The SMILES string of the molecule is Cc1cc(C)nc(NS(=O)(=O)c2ccc(NC(=O)CCN3C(=O)[C@H]4CCCC[C@@H]4C3=O)cc2)n1. The molecule has 1 saturated carbocycles. The van der Waals surface area contributed by atoms with E-state index in [9.17, 15) is 22.8 Å². The van der Waals surface area contributed by atoms with Crippen LogP contribution in [0.3, 0.4) is 0 Å². The molecule has 0 unspecified atom stereocenters. The molecule has 0 bridgehead atoms. The van der Waals surface area contributed by atoms with Crippen LogP contribution >= 0.6 is 0 Å². The number of hydrogen-bond donors (Lipinski definition) is 2. The molecule has 2 aliphatic rings. The standard InChI is InChI=1S/C23H27N5O5S/c1-14-13-15(2)25-23(24-14)27-34(32,33)17-9-7-16(8-10-17)26-20(29)11-12-28-21(30)18-5-3-4-6-19(18)22(28)31/h7-10,13,18-19H,3-6,11-12H2,1-2H3,(H,26,29)(H,24,25,27)/t18-,19-/m0/s1. The predicted molar refractivity (Wildman–Crippen MR) is 124 cm³/mol. The molecule has 1 aliphatic carbocycles. The van der Waals surface area contributed by atoms with Gasteiger partial charge in [0.2, 0.25) is 23.7 Å². The summed E-state index contributed by atoms with van der Waals surface area (Å²) in [5.41, 5.74) is 1.68. The van der Waals surface area contributed by atoms with Crippen molar-refractivity contribution in [3.05, 3.63) is 41.7 Å². The molecule has 10 nitrogen and oxygen atoms in total. The van der Waals surface area contributed by atoms with Crippen LogP contribution in [0.5, 0.6) is 0 Å². The number of nitrogens with zero attached hydrogens (tertiary/aromatic N) is 3. The van der Waals surface area contributed by atoms with Gasteiger partial charge in [-0.2, -0.15) is 0 Å². The van der Waals surface area contributed by atoms with Gasteiger partial charge in [-0.25, -0.2) is 23.1 Å². The largest absolute Gasteiger partial charge is 0.326 e. The van der Waals surface area contributed by atoms with Crippen LogP contribution in [0.15, 0.2) is 35.2 Å². The number of benzene rings is 1. The highest BCUT2D eigenvalue weighted by molar-refractivity contribution is 7.92. The fourth-order valence-corrected chi connectivity index (χ4v) is 5.50. The molecule has 1 aliphatic heterocycles. The van der Waals surface area contributed by atoms with Gasteiger partial charge in [0, 0.05) is 30.0 Å². The summed E-state index contributed by atoms with van der Waals surface area (Å²) in [6, 6.07) is 7.39. The zero-order valence-electron chi connectivity index (χ0n) is 19.1. The summed E-state index contributed by atoms with van der Waals surface area (Å²) in [5, 5.41) is 2.67. The van der Waals surface area contributed by atoms with E-state index in [0.717, 1.165) is 25.7 Å². The van der Waals surface area contributed by atoms with E-state index in [1.54, 1.807) is 19.9 Å². The highest BCUT2D eigenvalue weighted by Crippen LogP contribution is 2.38. The van der Waals surface area contributed by atoms with Crippen molar-refractivity contribution in [1.29, 1.82) is 0 Å². The van der Waals surface area contributed by atoms with Crippen molar-refractivity contribution in [1.82, 2.24) is 14.9 Å². The highest BCUT2D eigenvalue weighted by atomic mass is 32.2. The molecule has 1 saturated heterocycles. The molecule has 2 aromatic rings. The lowest BCUT2D eigenvalue weighted by Gasteiger charge is -2.19. The Morgan fingerprint density at radius 3 is 2.12 bits per heavy atom. The molecule has 2 N–H and O–H groups in total. The zero-order valence-corrected chi connectivity index (χ0v) is 19.9. The molecular weight excluding hydrogens is 458 g/mol. The minimum atomic E-state index is -3.91. The average Bonchev–Trinajstić information content (AvgIpc) is 3.01. The van der Waals surface area contributed by atoms with Gasteiger partial charge in [0.05, 0.1) is 16.7 Å². The van der Waals surface area contributed by atoms with Gasteiger partial charge in [-0.15, -0.1) is 0 Å². The molecule has 180 valence electrons. The van der Waals surface area contributed by atoms with Crippen LogP contribution in [0.2, 0.25) is 0 Å². The van der Waals surface area contributed by atoms with Gasteiger partial charge < -0.3 is 5.32 Å². The van der Waals surface area contributed by atoms with Crippen LogP contribution in [0.1, 0.15) is 43.5 Å². The Bertz CT molecular complexity index is 1180. The molecule has 2 atom stereocenters. The Kier molecular flexibility index (Phi) is 6.65. The monoisotopic (exact) mass is 485 g/mol. The first-order valence-corrected chi connectivity index (χ1v) is 12.7. The maximum Gasteiger partial charge on any atom is 0.264 e. The third-order valence-electron chi connectivity index (χ3n) is 6.15. The fraction of sp³-hybridized carbons (Fsp3) is 0.435. The second kappa shape index (κ2) is 9.49. The number of nitrogens with one attached hydrogen (secondary N) is 2. The first kappa shape index (κ1) is 23.8. The summed E-state index contributed by atoms with van der Waals surface area (Å²) in [6.07, 6.45) is 3.35. The smallest absolute Gasteiger partial charge is 0.264 e. The quantitative estimate of drug-likeness (QED) is 0.574. The third-order valence-corrected chi connectivity index (χ3v) is 7.50. The van der Waals surface area contributed by atoms with E-state index in [4.69, 9.17) is 0 Å². The van der Waals surface area contributed by atoms with Gasteiger partial charge in [-0.1, -0.05) is 12.8 Å². The molecule has 11 heteroatoms. The molecule has 1 aromatic carbocycles. The summed E-state index contributed by atoms with van der Waals surface area (Å²) < 4.78 is 27.6. The number of fused-ring (bicyclic) bond motifs is 1. The van der Waals surface area contributed by atoms with Gasteiger partial charge in [0.15, 0.2) is 0 Å². The number of carbonyl (C=O) groups is 3. The van der Waals surface area contributed by atoms with Crippen molar-refractivity contribution in [3.63, 3.8) is 0 Å². The molecular formula is C23H27N5O5S. The molecule has 0 radical (unpaired) electrons. The summed E-state index contributed by atoms with van der Waals surface area (Å²) in [4.78, 5) is 46.8. The molecule has 3 amide bonds. The van der Waals surface area contributed by atoms with Gasteiger partial charge in [0.1, 0.15) is 0 Å². The minimum Gasteiger partial charge on any atom is -0.326 e. The van der Waals surface area contributed by atoms with E-state index < -0.39 is 10.0 Å². The second-order valence-corrected chi connectivity index (χ2v) is 10.4. The highest BCUT2D eigenvalue weighted by Gasteiger charge is 2.47. The van der Waals surface area contributed by atoms with Crippen molar-refractivity contribution in [2.45, 2.75) is 50.8 Å². The van der Waals surface area contributed by atoms with E-state index in [-0.39, 0.29) is 53.4 Å². The Morgan fingerprint density at radius 2 is 1.56 bits per heavy atom. The lowest BCUT2D eigenvalue weighted by Crippen LogP contribution is -2.34. The number of aryl methyl sites for hydroxylation is 2. The summed E-state index contributed by atoms with van der Waals surface area (Å²) >= 11 is 0. The number of hydrogen-bond acceptors (Lipinski definition) is 7. The molecule has 4 rings (SSSR count). The van der Waals surface area contributed by atoms with Crippen molar-refractivity contribution < 1.29 is 22.8 Å². The van der Waals surface area contributed by atoms with Crippen LogP contribution in [0, 0.1) is 25.7 Å². The maximum atomic E-state index is 12.6. The van der Waals surface area contributed by atoms with E-state index in [1.807, 2.05) is 0 Å². The van der Waals surface area contributed by atoms with Crippen LogP contribution < -0.4 is 10.0 Å². The normalized spacial score (nSPS) is 20.2. The molecule has 1 aromatic heterocycles. The number of anilines is 2. The first-order valence-electron chi connectivity index (χ1n) is 11.2. The first-order chi connectivity index (χ1) is 16.1. The van der Waals surface area contributed by atoms with Crippen molar-refractivity contribution in [3.8, 4) is 0 Å². The van der Waals surface area contributed by atoms with Crippen molar-refractivity contribution >= 4 is 39.4 Å². The Labute approximate surface area is 198 Å².